The first-order chi connectivity index (χ1) is 11.1. The second kappa shape index (κ2) is 8.21. The zero-order valence-corrected chi connectivity index (χ0v) is 15.0. The molecular formula is C16H19NO4S2. The maximum absolute atomic E-state index is 12.3. The number of amides is 1. The van der Waals surface area contributed by atoms with E-state index in [0.717, 1.165) is 5.56 Å². The lowest BCUT2D eigenvalue weighted by Gasteiger charge is -2.15. The predicted octanol–water partition coefficient (Wildman–Crippen LogP) is 2.98. The van der Waals surface area contributed by atoms with Crippen molar-refractivity contribution in [1.82, 2.24) is 4.90 Å². The molecule has 1 amide bonds. The number of rotatable bonds is 7. The van der Waals surface area contributed by atoms with Crippen molar-refractivity contribution in [2.24, 2.45) is 0 Å². The number of thioether (sulfide) groups is 1. The Morgan fingerprint density at radius 3 is 2.65 bits per heavy atom. The van der Waals surface area contributed by atoms with Crippen LogP contribution in [-0.2, 0) is 16.0 Å². The Hall–Kier alpha value is -1.73. The van der Waals surface area contributed by atoms with Crippen LogP contribution in [0, 0.1) is 0 Å². The zero-order chi connectivity index (χ0) is 16.8. The summed E-state index contributed by atoms with van der Waals surface area (Å²) in [5, 5.41) is 0. The van der Waals surface area contributed by atoms with E-state index in [-0.39, 0.29) is 5.91 Å². The van der Waals surface area contributed by atoms with Gasteiger partial charge < -0.3 is 14.2 Å². The summed E-state index contributed by atoms with van der Waals surface area (Å²) in [6, 6.07) is 5.72. The van der Waals surface area contributed by atoms with Crippen LogP contribution in [0.25, 0.3) is 0 Å². The van der Waals surface area contributed by atoms with Gasteiger partial charge in [0.2, 0.25) is 0 Å². The molecule has 0 N–H and O–H groups in total. The van der Waals surface area contributed by atoms with E-state index in [2.05, 4.69) is 0 Å². The summed E-state index contributed by atoms with van der Waals surface area (Å²) in [6.45, 7) is 2.91. The summed E-state index contributed by atoms with van der Waals surface area (Å²) in [5.41, 5.74) is 1.05. The van der Waals surface area contributed by atoms with E-state index in [1.54, 1.807) is 19.1 Å². The zero-order valence-electron chi connectivity index (χ0n) is 13.3. The number of ether oxygens (including phenoxy) is 3. The number of nitrogens with zero attached hydrogens (tertiary/aromatic N) is 1. The van der Waals surface area contributed by atoms with Crippen molar-refractivity contribution >= 4 is 34.2 Å². The molecule has 0 radical (unpaired) electrons. The van der Waals surface area contributed by atoms with E-state index in [4.69, 9.17) is 26.4 Å². The van der Waals surface area contributed by atoms with Crippen LogP contribution in [0.3, 0.4) is 0 Å². The van der Waals surface area contributed by atoms with Crippen molar-refractivity contribution in [3.8, 4) is 11.5 Å². The molecule has 7 heteroatoms. The Balaban J connectivity index is 2.03. The molecule has 1 aliphatic rings. The highest BCUT2D eigenvalue weighted by Gasteiger charge is 2.32. The molecule has 0 unspecified atom stereocenters. The predicted molar refractivity (Wildman–Crippen MR) is 94.9 cm³/mol. The second-order valence-electron chi connectivity index (χ2n) is 4.70. The van der Waals surface area contributed by atoms with Gasteiger partial charge in [0.15, 0.2) is 11.5 Å². The molecule has 23 heavy (non-hydrogen) atoms. The van der Waals surface area contributed by atoms with E-state index in [1.807, 2.05) is 25.1 Å². The molecule has 5 nitrogen and oxygen atoms in total. The van der Waals surface area contributed by atoms with Crippen molar-refractivity contribution in [1.29, 1.82) is 0 Å². The monoisotopic (exact) mass is 353 g/mol. The fourth-order valence-corrected chi connectivity index (χ4v) is 3.34. The molecule has 0 atom stereocenters. The van der Waals surface area contributed by atoms with Crippen molar-refractivity contribution in [2.45, 2.75) is 13.3 Å². The average Bonchev–Trinajstić information content (AvgIpc) is 2.84. The van der Waals surface area contributed by atoms with Gasteiger partial charge in [0.1, 0.15) is 15.5 Å². The SMILES string of the molecule is CCO/C=C1/SC(=S)N(CCc2ccc(OC)c(OC)c2)C1=O. The Labute approximate surface area is 145 Å². The normalized spacial score (nSPS) is 16.1. The molecule has 1 aromatic rings. The number of hydrogen-bond acceptors (Lipinski definition) is 6. The number of carbonyl (C=O) groups excluding carboxylic acids is 1. The van der Waals surface area contributed by atoms with Gasteiger partial charge >= 0.3 is 0 Å². The van der Waals surface area contributed by atoms with Gasteiger partial charge in [-0.15, -0.1) is 0 Å². The average molecular weight is 353 g/mol. The topological polar surface area (TPSA) is 48.0 Å². The molecule has 1 aliphatic heterocycles. The Bertz CT molecular complexity index is 631. The van der Waals surface area contributed by atoms with Crippen LogP contribution in [0.5, 0.6) is 11.5 Å². The molecule has 0 aromatic heterocycles. The lowest BCUT2D eigenvalue weighted by atomic mass is 10.1. The summed E-state index contributed by atoms with van der Waals surface area (Å²) in [4.78, 5) is 14.4. The summed E-state index contributed by atoms with van der Waals surface area (Å²) in [7, 11) is 3.20. The third kappa shape index (κ3) is 4.17. The molecule has 1 fully saturated rings. The molecular weight excluding hydrogens is 334 g/mol. The van der Waals surface area contributed by atoms with Crippen molar-refractivity contribution in [3.05, 3.63) is 34.9 Å². The van der Waals surface area contributed by atoms with E-state index in [9.17, 15) is 4.79 Å². The fourth-order valence-electron chi connectivity index (χ4n) is 2.11. The fraction of sp³-hybridized carbons (Fsp3) is 0.375. The van der Waals surface area contributed by atoms with Gasteiger partial charge in [-0.05, 0) is 31.0 Å². The Morgan fingerprint density at radius 2 is 2.00 bits per heavy atom. The number of thiocarbonyl (C=S) groups is 1. The van der Waals surface area contributed by atoms with Crippen LogP contribution in [-0.4, -0.2) is 42.5 Å². The quantitative estimate of drug-likeness (QED) is 0.427. The van der Waals surface area contributed by atoms with E-state index in [0.29, 0.717) is 40.3 Å². The van der Waals surface area contributed by atoms with Gasteiger partial charge in [-0.3, -0.25) is 9.69 Å². The van der Waals surface area contributed by atoms with Crippen LogP contribution < -0.4 is 9.47 Å². The highest BCUT2D eigenvalue weighted by Crippen LogP contribution is 2.32. The van der Waals surface area contributed by atoms with Crippen molar-refractivity contribution in [2.75, 3.05) is 27.4 Å². The molecule has 1 saturated heterocycles. The number of methoxy groups -OCH3 is 2. The highest BCUT2D eigenvalue weighted by atomic mass is 32.2. The maximum Gasteiger partial charge on any atom is 0.269 e. The number of hydrogen-bond donors (Lipinski definition) is 0. The molecule has 1 aromatic carbocycles. The minimum absolute atomic E-state index is 0.103. The standard InChI is InChI=1S/C16H19NO4S2/c1-4-21-10-14-15(18)17(16(22)23-14)8-7-11-5-6-12(19-2)13(9-11)20-3/h5-6,9-10H,4,7-8H2,1-3H3/b14-10+. The first-order valence-electron chi connectivity index (χ1n) is 7.17. The third-order valence-corrected chi connectivity index (χ3v) is 4.66. The van der Waals surface area contributed by atoms with Crippen molar-refractivity contribution < 1.29 is 19.0 Å². The van der Waals surface area contributed by atoms with Gasteiger partial charge in [-0.1, -0.05) is 30.0 Å². The molecule has 124 valence electrons. The van der Waals surface area contributed by atoms with E-state index < -0.39 is 0 Å². The van der Waals surface area contributed by atoms with Crippen LogP contribution in [0.1, 0.15) is 12.5 Å². The minimum atomic E-state index is -0.103. The summed E-state index contributed by atoms with van der Waals surface area (Å²) in [6.07, 6.45) is 2.16. The van der Waals surface area contributed by atoms with E-state index >= 15 is 0 Å². The largest absolute Gasteiger partial charge is 0.500 e. The minimum Gasteiger partial charge on any atom is -0.500 e. The number of carbonyl (C=O) groups is 1. The molecule has 1 heterocycles. The van der Waals surface area contributed by atoms with Gasteiger partial charge in [-0.2, -0.15) is 0 Å². The summed E-state index contributed by atoms with van der Waals surface area (Å²) < 4.78 is 16.3. The maximum atomic E-state index is 12.3. The van der Waals surface area contributed by atoms with Crippen LogP contribution in [0.15, 0.2) is 29.4 Å². The smallest absolute Gasteiger partial charge is 0.269 e. The first kappa shape index (κ1) is 17.6. The summed E-state index contributed by atoms with van der Waals surface area (Å²) >= 11 is 6.55. The van der Waals surface area contributed by atoms with Crippen molar-refractivity contribution in [3.63, 3.8) is 0 Å². The molecule has 2 rings (SSSR count). The molecule has 0 bridgehead atoms. The number of benzene rings is 1. The Kier molecular flexibility index (Phi) is 6.29. The first-order valence-corrected chi connectivity index (χ1v) is 8.39. The lowest BCUT2D eigenvalue weighted by Crippen LogP contribution is -2.30. The van der Waals surface area contributed by atoms with E-state index in [1.165, 1.54) is 18.0 Å². The van der Waals surface area contributed by atoms with Gasteiger partial charge in [0.05, 0.1) is 20.8 Å². The molecule has 0 saturated carbocycles. The van der Waals surface area contributed by atoms with Crippen LogP contribution >= 0.6 is 24.0 Å². The second-order valence-corrected chi connectivity index (χ2v) is 6.38. The van der Waals surface area contributed by atoms with Crippen LogP contribution in [0.2, 0.25) is 0 Å². The van der Waals surface area contributed by atoms with Crippen LogP contribution in [0.4, 0.5) is 0 Å². The highest BCUT2D eigenvalue weighted by molar-refractivity contribution is 8.26. The Morgan fingerprint density at radius 1 is 1.26 bits per heavy atom. The molecule has 0 spiro atoms. The van der Waals surface area contributed by atoms with Gasteiger partial charge in [-0.25, -0.2) is 0 Å². The van der Waals surface area contributed by atoms with Gasteiger partial charge in [0, 0.05) is 6.54 Å². The summed E-state index contributed by atoms with van der Waals surface area (Å²) in [5.74, 6) is 1.25. The molecule has 0 aliphatic carbocycles. The lowest BCUT2D eigenvalue weighted by molar-refractivity contribution is -0.122. The third-order valence-electron chi connectivity index (χ3n) is 3.30. The van der Waals surface area contributed by atoms with Gasteiger partial charge in [0.25, 0.3) is 5.91 Å².